The molecule has 2 aromatic rings. The summed E-state index contributed by atoms with van der Waals surface area (Å²) in [5.41, 5.74) is 0.778. The average Bonchev–Trinajstić information content (AvgIpc) is 3.09. The van der Waals surface area contributed by atoms with Crippen LogP contribution in [0.4, 0.5) is 20.3 Å². The van der Waals surface area contributed by atoms with Crippen LogP contribution >= 0.6 is 0 Å². The van der Waals surface area contributed by atoms with E-state index in [0.29, 0.717) is 5.69 Å². The maximum atomic E-state index is 12.2. The Balaban J connectivity index is 1.66. The van der Waals surface area contributed by atoms with Gasteiger partial charge in [0.2, 0.25) is 0 Å². The van der Waals surface area contributed by atoms with Gasteiger partial charge in [-0.2, -0.15) is 8.78 Å². The van der Waals surface area contributed by atoms with Gasteiger partial charge in [0.1, 0.15) is 11.6 Å². The largest absolute Gasteiger partial charge is 0.435 e. The van der Waals surface area contributed by atoms with E-state index >= 15 is 0 Å². The Morgan fingerprint density at radius 2 is 2.00 bits per heavy atom. The summed E-state index contributed by atoms with van der Waals surface area (Å²) < 4.78 is 28.8. The summed E-state index contributed by atoms with van der Waals surface area (Å²) in [5.74, 6) is 0.420. The molecule has 1 fully saturated rings. The van der Waals surface area contributed by atoms with E-state index in [1.165, 1.54) is 24.3 Å². The molecular weight excluding hydrogens is 316 g/mol. The number of benzene rings is 1. The molecule has 126 valence electrons. The standard InChI is InChI=1S/C17H17F2N3O2/c18-17(19)24-14-5-3-4-12(10-14)16(23)21-13-6-7-15(20-11-13)22-8-1-2-9-22/h3-7,10-11,17H,1-2,8-9H2,(H,21,23). The summed E-state index contributed by atoms with van der Waals surface area (Å²) in [7, 11) is 0. The van der Waals surface area contributed by atoms with Crippen LogP contribution in [0.15, 0.2) is 42.6 Å². The van der Waals surface area contributed by atoms with Crippen molar-refractivity contribution in [2.45, 2.75) is 19.5 Å². The lowest BCUT2D eigenvalue weighted by atomic mass is 10.2. The number of pyridine rings is 1. The van der Waals surface area contributed by atoms with E-state index in [1.54, 1.807) is 12.3 Å². The molecule has 1 saturated heterocycles. The van der Waals surface area contributed by atoms with Gasteiger partial charge in [0, 0.05) is 18.7 Å². The van der Waals surface area contributed by atoms with Crippen molar-refractivity contribution in [3.63, 3.8) is 0 Å². The minimum absolute atomic E-state index is 0.0554. The number of carbonyl (C=O) groups excluding carboxylic acids is 1. The molecule has 7 heteroatoms. The molecule has 0 atom stereocenters. The lowest BCUT2D eigenvalue weighted by molar-refractivity contribution is -0.0498. The second-order valence-electron chi connectivity index (χ2n) is 5.46. The zero-order chi connectivity index (χ0) is 16.9. The second kappa shape index (κ2) is 7.25. The molecule has 1 aromatic heterocycles. The molecule has 0 aliphatic carbocycles. The molecule has 1 aliphatic rings. The molecule has 1 amide bonds. The number of alkyl halides is 2. The number of anilines is 2. The van der Waals surface area contributed by atoms with Crippen molar-refractivity contribution in [2.24, 2.45) is 0 Å². The molecule has 0 unspecified atom stereocenters. The van der Waals surface area contributed by atoms with Crippen molar-refractivity contribution in [3.05, 3.63) is 48.2 Å². The van der Waals surface area contributed by atoms with Gasteiger partial charge in [-0.3, -0.25) is 4.79 Å². The monoisotopic (exact) mass is 333 g/mol. The smallest absolute Gasteiger partial charge is 0.387 e. The first-order chi connectivity index (χ1) is 11.6. The fraction of sp³-hybridized carbons (Fsp3) is 0.294. The van der Waals surface area contributed by atoms with Crippen molar-refractivity contribution in [3.8, 4) is 5.75 Å². The van der Waals surface area contributed by atoms with Crippen molar-refractivity contribution in [1.82, 2.24) is 4.98 Å². The number of halogens is 2. The number of aromatic nitrogens is 1. The van der Waals surface area contributed by atoms with Crippen LogP contribution in [-0.4, -0.2) is 30.6 Å². The highest BCUT2D eigenvalue weighted by molar-refractivity contribution is 6.04. The predicted octanol–water partition coefficient (Wildman–Crippen LogP) is 3.54. The molecule has 1 aromatic carbocycles. The topological polar surface area (TPSA) is 54.5 Å². The quantitative estimate of drug-likeness (QED) is 0.909. The van der Waals surface area contributed by atoms with Crippen LogP contribution in [-0.2, 0) is 0 Å². The summed E-state index contributed by atoms with van der Waals surface area (Å²) in [6, 6.07) is 9.29. The molecule has 2 heterocycles. The number of hydrogen-bond donors (Lipinski definition) is 1. The zero-order valence-corrected chi connectivity index (χ0v) is 12.9. The van der Waals surface area contributed by atoms with Gasteiger partial charge >= 0.3 is 6.61 Å². The van der Waals surface area contributed by atoms with Crippen LogP contribution in [0.1, 0.15) is 23.2 Å². The third kappa shape index (κ3) is 3.98. The molecule has 0 spiro atoms. The van der Waals surface area contributed by atoms with Crippen LogP contribution in [0, 0.1) is 0 Å². The average molecular weight is 333 g/mol. The van der Waals surface area contributed by atoms with Gasteiger partial charge in [-0.1, -0.05) is 6.07 Å². The van der Waals surface area contributed by atoms with E-state index < -0.39 is 12.5 Å². The van der Waals surface area contributed by atoms with Crippen LogP contribution in [0.25, 0.3) is 0 Å². The maximum absolute atomic E-state index is 12.2. The number of carbonyl (C=O) groups is 1. The summed E-state index contributed by atoms with van der Waals surface area (Å²) in [6.07, 6.45) is 3.92. The summed E-state index contributed by atoms with van der Waals surface area (Å²) in [4.78, 5) is 18.7. The number of nitrogens with zero attached hydrogens (tertiary/aromatic N) is 2. The fourth-order valence-corrected chi connectivity index (χ4v) is 2.61. The second-order valence-corrected chi connectivity index (χ2v) is 5.46. The SMILES string of the molecule is O=C(Nc1ccc(N2CCCC2)nc1)c1cccc(OC(F)F)c1. The molecule has 0 radical (unpaired) electrons. The van der Waals surface area contributed by atoms with Crippen molar-refractivity contribution in [2.75, 3.05) is 23.3 Å². The van der Waals surface area contributed by atoms with Crippen LogP contribution in [0.2, 0.25) is 0 Å². The Kier molecular flexibility index (Phi) is 4.88. The van der Waals surface area contributed by atoms with Crippen molar-refractivity contribution < 1.29 is 18.3 Å². The van der Waals surface area contributed by atoms with E-state index in [4.69, 9.17) is 0 Å². The molecule has 24 heavy (non-hydrogen) atoms. The third-order valence-electron chi connectivity index (χ3n) is 3.76. The number of nitrogens with one attached hydrogen (secondary N) is 1. The van der Waals surface area contributed by atoms with Crippen molar-refractivity contribution in [1.29, 1.82) is 0 Å². The summed E-state index contributed by atoms with van der Waals surface area (Å²) in [6.45, 7) is -0.934. The van der Waals surface area contributed by atoms with E-state index in [1.807, 2.05) is 6.07 Å². The van der Waals surface area contributed by atoms with Crippen LogP contribution in [0.3, 0.4) is 0 Å². The van der Waals surface area contributed by atoms with Crippen LogP contribution < -0.4 is 15.0 Å². The van der Waals surface area contributed by atoms with Crippen LogP contribution in [0.5, 0.6) is 5.75 Å². The highest BCUT2D eigenvalue weighted by Gasteiger charge is 2.14. The Bertz CT molecular complexity index is 701. The van der Waals surface area contributed by atoms with Crippen molar-refractivity contribution >= 4 is 17.4 Å². The third-order valence-corrected chi connectivity index (χ3v) is 3.76. The first-order valence-corrected chi connectivity index (χ1v) is 7.69. The van der Waals surface area contributed by atoms with Gasteiger partial charge in [-0.25, -0.2) is 4.98 Å². The van der Waals surface area contributed by atoms with Gasteiger partial charge in [-0.05, 0) is 43.2 Å². The number of hydrogen-bond acceptors (Lipinski definition) is 4. The number of rotatable bonds is 5. The highest BCUT2D eigenvalue weighted by atomic mass is 19.3. The minimum Gasteiger partial charge on any atom is -0.435 e. The molecule has 5 nitrogen and oxygen atoms in total. The Hall–Kier alpha value is -2.70. The van der Waals surface area contributed by atoms with E-state index in [-0.39, 0.29) is 11.3 Å². The molecule has 0 bridgehead atoms. The lowest BCUT2D eigenvalue weighted by Crippen LogP contribution is -2.19. The Morgan fingerprint density at radius 1 is 1.21 bits per heavy atom. The Morgan fingerprint density at radius 3 is 2.67 bits per heavy atom. The van der Waals surface area contributed by atoms with E-state index in [0.717, 1.165) is 31.7 Å². The van der Waals surface area contributed by atoms with Gasteiger partial charge in [0.05, 0.1) is 11.9 Å². The van der Waals surface area contributed by atoms with Gasteiger partial charge in [0.25, 0.3) is 5.91 Å². The lowest BCUT2D eigenvalue weighted by Gasteiger charge is -2.16. The fourth-order valence-electron chi connectivity index (χ4n) is 2.61. The first kappa shape index (κ1) is 16.2. The number of amides is 1. The minimum atomic E-state index is -2.93. The predicted molar refractivity (Wildman–Crippen MR) is 86.7 cm³/mol. The molecule has 3 rings (SSSR count). The summed E-state index contributed by atoms with van der Waals surface area (Å²) in [5, 5.41) is 2.69. The normalized spacial score (nSPS) is 14.0. The highest BCUT2D eigenvalue weighted by Crippen LogP contribution is 2.20. The molecule has 1 aliphatic heterocycles. The van der Waals surface area contributed by atoms with Gasteiger partial charge in [0.15, 0.2) is 0 Å². The Labute approximate surface area is 138 Å². The molecule has 1 N–H and O–H groups in total. The maximum Gasteiger partial charge on any atom is 0.387 e. The van der Waals surface area contributed by atoms with E-state index in [2.05, 4.69) is 19.9 Å². The zero-order valence-electron chi connectivity index (χ0n) is 12.9. The molecule has 0 saturated carbocycles. The van der Waals surface area contributed by atoms with E-state index in [9.17, 15) is 13.6 Å². The van der Waals surface area contributed by atoms with Gasteiger partial charge < -0.3 is 15.0 Å². The first-order valence-electron chi connectivity index (χ1n) is 7.69. The van der Waals surface area contributed by atoms with Gasteiger partial charge in [-0.15, -0.1) is 0 Å². The summed E-state index contributed by atoms with van der Waals surface area (Å²) >= 11 is 0. The number of ether oxygens (including phenoxy) is 1. The molecular formula is C17H17F2N3O2.